The molecular weight excluding hydrogens is 287 g/mol. The van der Waals surface area contributed by atoms with Gasteiger partial charge in [0.05, 0.1) is 0 Å². The Balaban J connectivity index is 0.00000200. The topological polar surface area (TPSA) is 57.2 Å². The normalized spacial score (nSPS) is 19.5. The van der Waals surface area contributed by atoms with Gasteiger partial charge in [0, 0.05) is 29.2 Å². The van der Waals surface area contributed by atoms with Crippen LogP contribution in [-0.2, 0) is 16.0 Å². The number of hydrogen-bond donors (Lipinski definition) is 0. The first-order valence-electron chi connectivity index (χ1n) is 6.51. The largest absolute Gasteiger partial charge is 1.00 e. The van der Waals surface area contributed by atoms with E-state index in [0.717, 1.165) is 18.4 Å². The first kappa shape index (κ1) is 17.7. The molecule has 0 radical (unpaired) electrons. The zero-order valence-electron chi connectivity index (χ0n) is 11.8. The average Bonchev–Trinajstić information content (AvgIpc) is 2.74. The summed E-state index contributed by atoms with van der Waals surface area (Å²) in [5.74, 6) is -1.45. The molecule has 0 aromatic heterocycles. The summed E-state index contributed by atoms with van der Waals surface area (Å²) in [6.45, 7) is 1.55. The molecule has 1 aliphatic rings. The summed E-state index contributed by atoms with van der Waals surface area (Å²) in [6, 6.07) is 5.34. The van der Waals surface area contributed by atoms with Crippen LogP contribution in [0.2, 0.25) is 5.02 Å². The number of ketones is 1. The van der Waals surface area contributed by atoms with Crippen LogP contribution in [0.4, 0.5) is 0 Å². The minimum atomic E-state index is -1.14. The number of benzene rings is 1. The van der Waals surface area contributed by atoms with Crippen molar-refractivity contribution in [1.29, 1.82) is 0 Å². The van der Waals surface area contributed by atoms with Crippen molar-refractivity contribution >= 4 is 23.4 Å². The summed E-state index contributed by atoms with van der Waals surface area (Å²) in [5, 5.41) is 11.3. The van der Waals surface area contributed by atoms with Gasteiger partial charge in [-0.25, -0.2) is 0 Å². The first-order chi connectivity index (χ1) is 8.99. The third-order valence-corrected chi connectivity index (χ3v) is 4.13. The van der Waals surface area contributed by atoms with Gasteiger partial charge in [0.2, 0.25) is 0 Å². The number of carboxylic acids is 1. The molecule has 0 amide bonds. The molecule has 1 aliphatic carbocycles. The van der Waals surface area contributed by atoms with Crippen LogP contribution in [0.3, 0.4) is 0 Å². The molecule has 0 spiro atoms. The van der Waals surface area contributed by atoms with Gasteiger partial charge in [0.25, 0.3) is 0 Å². The fourth-order valence-electron chi connectivity index (χ4n) is 2.56. The van der Waals surface area contributed by atoms with Gasteiger partial charge in [-0.3, -0.25) is 4.79 Å². The summed E-state index contributed by atoms with van der Waals surface area (Å²) < 4.78 is 0. The number of aliphatic carboxylic acids is 1. The number of hydrogen-bond acceptors (Lipinski definition) is 3. The Bertz CT molecular complexity index is 516. The monoisotopic (exact) mass is 302 g/mol. The summed E-state index contributed by atoms with van der Waals surface area (Å²) >= 11 is 6.11. The van der Waals surface area contributed by atoms with Crippen LogP contribution in [0, 0.1) is 5.92 Å². The molecule has 0 saturated heterocycles. The van der Waals surface area contributed by atoms with Crippen LogP contribution in [0.5, 0.6) is 0 Å². The fraction of sp³-hybridized carbons (Fsp3) is 0.467. The molecule has 0 bridgehead atoms. The molecule has 0 heterocycles. The smallest absolute Gasteiger partial charge is 0.550 e. The van der Waals surface area contributed by atoms with Crippen molar-refractivity contribution in [2.75, 3.05) is 0 Å². The molecule has 1 saturated carbocycles. The average molecular weight is 303 g/mol. The molecule has 20 heavy (non-hydrogen) atoms. The zero-order valence-corrected chi connectivity index (χ0v) is 14.6. The maximum absolute atomic E-state index is 11.6. The molecular formula is C15H16ClNaO3. The van der Waals surface area contributed by atoms with Gasteiger partial charge in [-0.15, -0.1) is 0 Å². The molecule has 102 valence electrons. The predicted octanol–water partition coefficient (Wildman–Crippen LogP) is -0.891. The molecule has 1 aromatic rings. The van der Waals surface area contributed by atoms with E-state index < -0.39 is 11.9 Å². The second-order valence-corrected chi connectivity index (χ2v) is 5.56. The van der Waals surface area contributed by atoms with E-state index >= 15 is 0 Å². The van der Waals surface area contributed by atoms with Crippen molar-refractivity contribution in [3.05, 3.63) is 34.3 Å². The van der Waals surface area contributed by atoms with E-state index in [1.165, 1.54) is 0 Å². The Morgan fingerprint density at radius 1 is 1.50 bits per heavy atom. The van der Waals surface area contributed by atoms with Gasteiger partial charge in [0.15, 0.2) is 0 Å². The third kappa shape index (κ3) is 4.08. The SMILES string of the molecule is CC(C(=O)[O-])c1ccc(CC2CCCC2=O)cc1Cl.[Na+]. The van der Waals surface area contributed by atoms with Crippen molar-refractivity contribution in [2.24, 2.45) is 5.92 Å². The maximum Gasteiger partial charge on any atom is 1.00 e. The van der Waals surface area contributed by atoms with Crippen LogP contribution in [0.15, 0.2) is 18.2 Å². The van der Waals surface area contributed by atoms with E-state index in [2.05, 4.69) is 0 Å². The van der Waals surface area contributed by atoms with Crippen molar-refractivity contribution < 1.29 is 44.3 Å². The second kappa shape index (κ2) is 7.60. The zero-order chi connectivity index (χ0) is 14.0. The number of halogens is 1. The van der Waals surface area contributed by atoms with E-state index in [0.29, 0.717) is 29.2 Å². The van der Waals surface area contributed by atoms with Gasteiger partial charge in [-0.2, -0.15) is 0 Å². The molecule has 2 unspecified atom stereocenters. The van der Waals surface area contributed by atoms with Gasteiger partial charge >= 0.3 is 29.6 Å². The van der Waals surface area contributed by atoms with E-state index in [1.54, 1.807) is 19.1 Å². The molecule has 2 atom stereocenters. The third-order valence-electron chi connectivity index (χ3n) is 3.80. The van der Waals surface area contributed by atoms with Gasteiger partial charge in [0.1, 0.15) is 5.78 Å². The van der Waals surface area contributed by atoms with E-state index in [9.17, 15) is 14.7 Å². The Hall–Kier alpha value is -0.350. The second-order valence-electron chi connectivity index (χ2n) is 5.16. The van der Waals surface area contributed by atoms with Crippen LogP contribution >= 0.6 is 11.6 Å². The molecule has 0 N–H and O–H groups in total. The number of rotatable bonds is 4. The molecule has 5 heteroatoms. The minimum absolute atomic E-state index is 0. The summed E-state index contributed by atoms with van der Waals surface area (Å²) in [7, 11) is 0. The quantitative estimate of drug-likeness (QED) is 0.678. The van der Waals surface area contributed by atoms with Crippen LogP contribution < -0.4 is 34.7 Å². The predicted molar refractivity (Wildman–Crippen MR) is 70.9 cm³/mol. The molecule has 1 fully saturated rings. The van der Waals surface area contributed by atoms with Crippen LogP contribution in [-0.4, -0.2) is 11.8 Å². The number of Topliss-reactive ketones (excluding diaryl/α,β-unsaturated/α-hetero) is 1. The van der Waals surface area contributed by atoms with Gasteiger partial charge in [-0.1, -0.05) is 30.7 Å². The summed E-state index contributed by atoms with van der Waals surface area (Å²) in [4.78, 5) is 22.5. The Kier molecular flexibility index (Phi) is 6.73. The molecule has 3 nitrogen and oxygen atoms in total. The van der Waals surface area contributed by atoms with E-state index in [4.69, 9.17) is 11.6 Å². The van der Waals surface area contributed by atoms with Gasteiger partial charge < -0.3 is 9.90 Å². The van der Waals surface area contributed by atoms with E-state index in [-0.39, 0.29) is 35.5 Å². The Morgan fingerprint density at radius 3 is 2.70 bits per heavy atom. The van der Waals surface area contributed by atoms with Crippen molar-refractivity contribution in [1.82, 2.24) is 0 Å². The maximum atomic E-state index is 11.6. The number of carbonyl (C=O) groups excluding carboxylic acids is 2. The molecule has 2 rings (SSSR count). The molecule has 0 aliphatic heterocycles. The number of carboxylic acid groups (broad SMARTS) is 1. The van der Waals surface area contributed by atoms with Crippen molar-refractivity contribution in [3.8, 4) is 0 Å². The molecule has 1 aromatic carbocycles. The first-order valence-corrected chi connectivity index (χ1v) is 6.88. The van der Waals surface area contributed by atoms with Crippen molar-refractivity contribution in [2.45, 2.75) is 38.5 Å². The standard InChI is InChI=1S/C15H17ClO3.Na/c1-9(15(18)19)12-6-5-10(8-13(12)16)7-11-3-2-4-14(11)17;/h5-6,8-9,11H,2-4,7H2,1H3,(H,18,19);/q;+1/p-1. The number of carbonyl (C=O) groups is 2. The van der Waals surface area contributed by atoms with Gasteiger partial charge in [-0.05, 0) is 36.5 Å². The van der Waals surface area contributed by atoms with Crippen molar-refractivity contribution in [3.63, 3.8) is 0 Å². The minimum Gasteiger partial charge on any atom is -0.550 e. The summed E-state index contributed by atoms with van der Waals surface area (Å²) in [5.41, 5.74) is 1.54. The van der Waals surface area contributed by atoms with E-state index in [1.807, 2.05) is 6.07 Å². The Morgan fingerprint density at radius 2 is 2.20 bits per heavy atom. The fourth-order valence-corrected chi connectivity index (χ4v) is 2.93. The van der Waals surface area contributed by atoms with Crippen LogP contribution in [0.25, 0.3) is 0 Å². The Labute approximate surface area is 146 Å². The summed E-state index contributed by atoms with van der Waals surface area (Å²) in [6.07, 6.45) is 3.28. The van der Waals surface area contributed by atoms with Crippen LogP contribution in [0.1, 0.15) is 43.2 Å².